The van der Waals surface area contributed by atoms with E-state index >= 15 is 0 Å². The Balaban J connectivity index is 2.42. The van der Waals surface area contributed by atoms with Crippen LogP contribution in [-0.4, -0.2) is 46.4 Å². The minimum atomic E-state index is -5.63. The van der Waals surface area contributed by atoms with Gasteiger partial charge in [-0.15, -0.1) is 0 Å². The Morgan fingerprint density at radius 3 is 2.41 bits per heavy atom. The number of H-pyrrole nitrogens is 1. The van der Waals surface area contributed by atoms with Crippen molar-refractivity contribution >= 4 is 19.8 Å². The van der Waals surface area contributed by atoms with Gasteiger partial charge in [-0.1, -0.05) is 0 Å². The number of ether oxygens (including phenoxy) is 3. The molecule has 0 bridgehead atoms. The van der Waals surface area contributed by atoms with Crippen LogP contribution in [0.25, 0.3) is 0 Å². The average Bonchev–Trinajstić information content (AvgIpc) is 2.81. The summed E-state index contributed by atoms with van der Waals surface area (Å²) in [5.74, 6) is -1.67. The van der Waals surface area contributed by atoms with Gasteiger partial charge in [0.2, 0.25) is 0 Å². The number of halogens is 1. The Labute approximate surface area is 150 Å². The third-order valence-electron chi connectivity index (χ3n) is 3.41. The van der Waals surface area contributed by atoms with Gasteiger partial charge in [-0.25, -0.2) is 4.79 Å². The Bertz CT molecular complexity index is 876. The van der Waals surface area contributed by atoms with Gasteiger partial charge in [-0.05, 0) is 0 Å². The molecule has 12 nitrogen and oxygen atoms in total. The normalized spacial score (nSPS) is 27.0. The highest BCUT2D eigenvalue weighted by atomic mass is 31.2. The maximum atomic E-state index is 12.7. The van der Waals surface area contributed by atoms with Crippen LogP contribution in [0.2, 0.25) is 0 Å². The largest absolute Gasteiger partial charge is 0.753 e. The molecule has 0 aliphatic carbocycles. The Kier molecular flexibility index (Phi) is 6.31. The second kappa shape index (κ2) is 8.13. The van der Waals surface area contributed by atoms with Crippen molar-refractivity contribution in [2.45, 2.75) is 38.4 Å². The summed E-state index contributed by atoms with van der Waals surface area (Å²) >= 11 is 0. The highest BCUT2D eigenvalue weighted by molar-refractivity contribution is 7.45. The second-order valence-electron chi connectivity index (χ2n) is 5.46. The van der Waals surface area contributed by atoms with Crippen molar-refractivity contribution in [2.24, 2.45) is 0 Å². The van der Waals surface area contributed by atoms with E-state index in [1.807, 2.05) is 4.98 Å². The number of aromatic nitrogens is 2. The first-order valence-electron chi connectivity index (χ1n) is 7.44. The molecule has 0 aromatic carbocycles. The lowest BCUT2D eigenvalue weighted by molar-refractivity contribution is -0.215. The van der Waals surface area contributed by atoms with E-state index in [-0.39, 0.29) is 0 Å². The number of carbonyl (C=O) groups excluding carboxylic acids is 2. The molecule has 1 unspecified atom stereocenters. The maximum absolute atomic E-state index is 12.7. The fourth-order valence-corrected chi connectivity index (χ4v) is 2.83. The molecule has 1 aromatic rings. The first-order chi connectivity index (χ1) is 12.5. The number of nitrogens with zero attached hydrogens (tertiary/aromatic N) is 1. The molecule has 1 fully saturated rings. The van der Waals surface area contributed by atoms with Crippen molar-refractivity contribution in [2.75, 3.05) is 6.61 Å². The molecule has 0 spiro atoms. The molecule has 0 radical (unpaired) electrons. The number of hydrogen-bond acceptors (Lipinski definition) is 10. The number of carbonyl (C=O) groups is 2. The van der Waals surface area contributed by atoms with E-state index in [1.165, 1.54) is 0 Å². The summed E-state index contributed by atoms with van der Waals surface area (Å²) in [4.78, 5) is 58.6. The van der Waals surface area contributed by atoms with Crippen LogP contribution in [0.3, 0.4) is 0 Å². The molecule has 2 rings (SSSR count). The molecule has 0 amide bonds. The lowest BCUT2D eigenvalue weighted by atomic mass is 10.1. The van der Waals surface area contributed by atoms with Crippen LogP contribution in [0.1, 0.15) is 20.1 Å². The highest BCUT2D eigenvalue weighted by Gasteiger charge is 2.50. The van der Waals surface area contributed by atoms with Crippen LogP contribution in [0.5, 0.6) is 0 Å². The lowest BCUT2D eigenvalue weighted by Crippen LogP contribution is -2.42. The van der Waals surface area contributed by atoms with E-state index in [1.54, 1.807) is 0 Å². The summed E-state index contributed by atoms with van der Waals surface area (Å²) in [6.07, 6.45) is -4.61. The van der Waals surface area contributed by atoms with Crippen LogP contribution in [0.15, 0.2) is 21.9 Å². The van der Waals surface area contributed by atoms with E-state index in [9.17, 15) is 32.8 Å². The van der Waals surface area contributed by atoms with Crippen molar-refractivity contribution in [3.8, 4) is 0 Å². The van der Waals surface area contributed by atoms with Gasteiger partial charge in [0.1, 0.15) is 6.10 Å². The van der Waals surface area contributed by atoms with Crippen molar-refractivity contribution in [1.29, 1.82) is 0 Å². The monoisotopic (exact) mass is 409 g/mol. The summed E-state index contributed by atoms with van der Waals surface area (Å²) in [7, 11) is -5.63. The van der Waals surface area contributed by atoms with Gasteiger partial charge in [-0.3, -0.25) is 28.5 Å². The number of nitrogens with one attached hydrogen (secondary N) is 1. The molecule has 150 valence electrons. The smallest absolute Gasteiger partial charge is 0.330 e. The fraction of sp³-hybridized carbons (Fsp3) is 0.538. The molecular weight excluding hydrogens is 394 g/mol. The van der Waals surface area contributed by atoms with E-state index < -0.39 is 62.2 Å². The zero-order valence-corrected chi connectivity index (χ0v) is 14.9. The second-order valence-corrected chi connectivity index (χ2v) is 6.58. The van der Waals surface area contributed by atoms with Gasteiger partial charge in [0.15, 0.2) is 18.4 Å². The van der Waals surface area contributed by atoms with Gasteiger partial charge < -0.3 is 23.6 Å². The summed E-state index contributed by atoms with van der Waals surface area (Å²) in [6, 6.07) is 0.980. The number of esters is 2. The van der Waals surface area contributed by atoms with Crippen LogP contribution in [-0.2, 0) is 32.9 Å². The van der Waals surface area contributed by atoms with Gasteiger partial charge in [0, 0.05) is 26.1 Å². The number of aromatic amines is 1. The molecule has 14 heteroatoms. The number of rotatable bonds is 6. The van der Waals surface area contributed by atoms with Gasteiger partial charge in [0.25, 0.3) is 5.56 Å². The lowest BCUT2D eigenvalue weighted by Gasteiger charge is -2.24. The van der Waals surface area contributed by atoms with Gasteiger partial charge >= 0.3 is 25.5 Å². The van der Waals surface area contributed by atoms with E-state index in [0.29, 0.717) is 0 Å². The van der Waals surface area contributed by atoms with Crippen LogP contribution < -0.4 is 16.1 Å². The molecule has 1 N–H and O–H groups in total. The Hall–Kier alpha value is -2.34. The van der Waals surface area contributed by atoms with Gasteiger partial charge in [-0.2, -0.15) is 4.20 Å². The van der Waals surface area contributed by atoms with Crippen molar-refractivity contribution < 1.29 is 42.0 Å². The van der Waals surface area contributed by atoms with Crippen molar-refractivity contribution in [3.05, 3.63) is 33.1 Å². The zero-order chi connectivity index (χ0) is 20.4. The minimum absolute atomic E-state index is 0.709. The first-order valence-corrected chi connectivity index (χ1v) is 8.88. The SMILES string of the molecule is CC(=O)O[C@@H]1[C@H](OC(C)=O)[C@@H](COP(=O)([O-])F)O[C@H]1n1ccc(=O)[nH]c1=O. The predicted molar refractivity (Wildman–Crippen MR) is 81.0 cm³/mol. The molecule has 0 saturated carbocycles. The third-order valence-corrected chi connectivity index (χ3v) is 3.87. The van der Waals surface area contributed by atoms with Crippen LogP contribution >= 0.6 is 7.91 Å². The van der Waals surface area contributed by atoms with Crippen molar-refractivity contribution in [3.63, 3.8) is 0 Å². The Morgan fingerprint density at radius 1 is 1.30 bits per heavy atom. The van der Waals surface area contributed by atoms with E-state index in [4.69, 9.17) is 14.2 Å². The molecule has 1 aromatic heterocycles. The summed E-state index contributed by atoms with van der Waals surface area (Å²) < 4.78 is 43.7. The maximum Gasteiger partial charge on any atom is 0.330 e. The molecule has 5 atom stereocenters. The van der Waals surface area contributed by atoms with Crippen LogP contribution in [0, 0.1) is 0 Å². The standard InChI is InChI=1S/C13H16FN2O10P/c1-6(17)24-10-8(5-23-27(14,21)22)26-12(11(10)25-7(2)18)16-4-3-9(19)15-13(16)20/h3-4,8,10-12H,5H2,1-2H3,(H,21,22)(H,15,19,20)/p-1/t8-,10-,11-,12-/m1/s1. The summed E-state index contributed by atoms with van der Waals surface area (Å²) in [6.45, 7) is 1.15. The zero-order valence-electron chi connectivity index (χ0n) is 14.0. The summed E-state index contributed by atoms with van der Waals surface area (Å²) in [5, 5.41) is 0. The third kappa shape index (κ3) is 5.57. The topological polar surface area (TPSA) is 166 Å². The predicted octanol–water partition coefficient (Wildman–Crippen LogP) is -1.25. The average molecular weight is 409 g/mol. The van der Waals surface area contributed by atoms with Crippen molar-refractivity contribution in [1.82, 2.24) is 9.55 Å². The highest BCUT2D eigenvalue weighted by Crippen LogP contribution is 2.41. The fourth-order valence-electron chi connectivity index (χ4n) is 2.51. The molecule has 1 aliphatic rings. The van der Waals surface area contributed by atoms with Crippen LogP contribution in [0.4, 0.5) is 4.20 Å². The van der Waals surface area contributed by atoms with E-state index in [0.717, 1.165) is 30.7 Å². The quantitative estimate of drug-likeness (QED) is 0.443. The Morgan fingerprint density at radius 2 is 1.89 bits per heavy atom. The van der Waals surface area contributed by atoms with E-state index in [2.05, 4.69) is 4.52 Å². The molecule has 1 aliphatic heterocycles. The first kappa shape index (κ1) is 21.0. The molecule has 2 heterocycles. The molecular formula is C13H15FN2O10P-. The van der Waals surface area contributed by atoms with Gasteiger partial charge in [0.05, 0.1) is 6.61 Å². The summed E-state index contributed by atoms with van der Waals surface area (Å²) in [5.41, 5.74) is -1.65. The molecule has 27 heavy (non-hydrogen) atoms. The minimum Gasteiger partial charge on any atom is -0.753 e. The molecule has 1 saturated heterocycles. The number of hydrogen-bond donors (Lipinski definition) is 1.